The molecule has 0 spiro atoms. The van der Waals surface area contributed by atoms with E-state index in [-0.39, 0.29) is 11.4 Å². The highest BCUT2D eigenvalue weighted by molar-refractivity contribution is 7.18. The van der Waals surface area contributed by atoms with E-state index in [1.54, 1.807) is 36.5 Å². The molecule has 1 N–H and O–H groups in total. The van der Waals surface area contributed by atoms with Crippen LogP contribution in [0.15, 0.2) is 59.4 Å². The first kappa shape index (κ1) is 19.9. The van der Waals surface area contributed by atoms with E-state index in [1.165, 1.54) is 16.8 Å². The van der Waals surface area contributed by atoms with Crippen LogP contribution in [-0.2, 0) is 6.42 Å². The van der Waals surface area contributed by atoms with Crippen LogP contribution < -0.4 is 10.7 Å². The van der Waals surface area contributed by atoms with Crippen molar-refractivity contribution in [3.8, 4) is 5.69 Å². The molecule has 0 bridgehead atoms. The number of aromatic nitrogens is 3. The van der Waals surface area contributed by atoms with E-state index in [9.17, 15) is 14.0 Å². The second-order valence-corrected chi connectivity index (χ2v) is 7.91. The fourth-order valence-corrected chi connectivity index (χ4v) is 4.13. The summed E-state index contributed by atoms with van der Waals surface area (Å²) in [5.74, 6) is -1.06. The Hall–Kier alpha value is -3.39. The quantitative estimate of drug-likeness (QED) is 0.481. The lowest BCUT2D eigenvalue weighted by atomic mass is 10.2. The van der Waals surface area contributed by atoms with Crippen molar-refractivity contribution >= 4 is 27.5 Å². The number of nitrogens with zero attached hydrogens (tertiary/aromatic N) is 3. The molecule has 2 aromatic carbocycles. The second kappa shape index (κ2) is 8.54. The number of hydrogen-bond acceptors (Lipinski definition) is 5. The van der Waals surface area contributed by atoms with Crippen LogP contribution in [0.4, 0.5) is 4.39 Å². The largest absolute Gasteiger partial charge is 0.351 e. The molecule has 4 rings (SSSR count). The molecular formula is C22H19FN4O2S. The molecule has 0 saturated carbocycles. The highest BCUT2D eigenvalue weighted by atomic mass is 32.1. The van der Waals surface area contributed by atoms with Crippen LogP contribution in [0, 0.1) is 12.7 Å². The Bertz CT molecular complexity index is 1250. The molecule has 0 atom stereocenters. The van der Waals surface area contributed by atoms with Crippen molar-refractivity contribution in [2.24, 2.45) is 0 Å². The number of benzene rings is 2. The van der Waals surface area contributed by atoms with E-state index in [4.69, 9.17) is 0 Å². The van der Waals surface area contributed by atoms with Gasteiger partial charge in [-0.05, 0) is 37.6 Å². The summed E-state index contributed by atoms with van der Waals surface area (Å²) >= 11 is 1.63. The topological polar surface area (TPSA) is 76.9 Å². The highest BCUT2D eigenvalue weighted by Gasteiger charge is 2.16. The third kappa shape index (κ3) is 4.13. The van der Waals surface area contributed by atoms with Gasteiger partial charge in [-0.25, -0.2) is 14.1 Å². The van der Waals surface area contributed by atoms with Crippen LogP contribution in [0.2, 0.25) is 0 Å². The summed E-state index contributed by atoms with van der Waals surface area (Å²) in [5, 5.41) is 7.84. The number of halogens is 1. The summed E-state index contributed by atoms with van der Waals surface area (Å²) in [6.07, 6.45) is 1.40. The molecule has 4 aromatic rings. The predicted molar refractivity (Wildman–Crippen MR) is 115 cm³/mol. The Labute approximate surface area is 176 Å². The van der Waals surface area contributed by atoms with E-state index < -0.39 is 17.2 Å². The van der Waals surface area contributed by atoms with Gasteiger partial charge in [0.1, 0.15) is 11.5 Å². The molecule has 2 heterocycles. The zero-order chi connectivity index (χ0) is 21.1. The summed E-state index contributed by atoms with van der Waals surface area (Å²) in [4.78, 5) is 29.3. The van der Waals surface area contributed by atoms with Crippen molar-refractivity contribution in [2.45, 2.75) is 19.8 Å². The van der Waals surface area contributed by atoms with Gasteiger partial charge in [0.25, 0.3) is 5.91 Å². The smallest absolute Gasteiger partial charge is 0.275 e. The average Bonchev–Trinajstić information content (AvgIpc) is 3.15. The second-order valence-electron chi connectivity index (χ2n) is 6.80. The molecule has 1 amide bonds. The molecule has 0 radical (unpaired) electrons. The number of thiazole rings is 1. The average molecular weight is 422 g/mol. The number of hydrogen-bond donors (Lipinski definition) is 1. The van der Waals surface area contributed by atoms with Crippen LogP contribution in [0.3, 0.4) is 0 Å². The minimum Gasteiger partial charge on any atom is -0.351 e. The summed E-state index contributed by atoms with van der Waals surface area (Å²) in [5.41, 5.74) is 0.837. The molecule has 0 aliphatic carbocycles. The summed E-state index contributed by atoms with van der Waals surface area (Å²) in [7, 11) is 0. The fraction of sp³-hybridized carbons (Fsp3) is 0.182. The Morgan fingerprint density at radius 1 is 1.17 bits per heavy atom. The predicted octanol–water partition coefficient (Wildman–Crippen LogP) is 3.65. The number of nitrogens with one attached hydrogen (secondary N) is 1. The van der Waals surface area contributed by atoms with Gasteiger partial charge in [0.15, 0.2) is 5.69 Å². The molecule has 8 heteroatoms. The van der Waals surface area contributed by atoms with Gasteiger partial charge < -0.3 is 5.32 Å². The van der Waals surface area contributed by atoms with Gasteiger partial charge in [0.2, 0.25) is 5.43 Å². The molecule has 0 aliphatic heterocycles. The number of aryl methyl sites for hydroxylation is 2. The van der Waals surface area contributed by atoms with Crippen molar-refractivity contribution in [2.75, 3.05) is 6.54 Å². The van der Waals surface area contributed by atoms with Gasteiger partial charge in [-0.15, -0.1) is 11.3 Å². The van der Waals surface area contributed by atoms with E-state index in [1.807, 2.05) is 24.3 Å². The molecule has 2 aromatic heterocycles. The first-order valence-corrected chi connectivity index (χ1v) is 10.3. The van der Waals surface area contributed by atoms with E-state index in [2.05, 4.69) is 15.4 Å². The van der Waals surface area contributed by atoms with E-state index in [0.717, 1.165) is 21.6 Å². The van der Waals surface area contributed by atoms with Crippen LogP contribution in [0.1, 0.15) is 27.6 Å². The summed E-state index contributed by atoms with van der Waals surface area (Å²) in [6.45, 7) is 2.02. The fourth-order valence-electron chi connectivity index (χ4n) is 3.12. The highest BCUT2D eigenvalue weighted by Crippen LogP contribution is 2.22. The Balaban J connectivity index is 1.43. The van der Waals surface area contributed by atoms with E-state index in [0.29, 0.717) is 18.7 Å². The normalized spacial score (nSPS) is 11.0. The summed E-state index contributed by atoms with van der Waals surface area (Å²) < 4.78 is 16.5. The van der Waals surface area contributed by atoms with Crippen LogP contribution in [0.5, 0.6) is 0 Å². The standard InChI is InChI=1S/C22H19FN4O2S/c1-14-13-18(28)21(26-27(14)17-9-4-2-7-15(17)23)22(29)24-12-6-11-20-25-16-8-3-5-10-19(16)30-20/h2-5,7-10,13H,6,11-12H2,1H3,(H,24,29). The van der Waals surface area contributed by atoms with Crippen molar-refractivity contribution < 1.29 is 9.18 Å². The van der Waals surface area contributed by atoms with Gasteiger partial charge in [-0.3, -0.25) is 9.59 Å². The maximum atomic E-state index is 14.1. The van der Waals surface area contributed by atoms with Crippen molar-refractivity contribution in [1.29, 1.82) is 0 Å². The lowest BCUT2D eigenvalue weighted by Gasteiger charge is -2.12. The van der Waals surface area contributed by atoms with Crippen LogP contribution in [0.25, 0.3) is 15.9 Å². The third-order valence-electron chi connectivity index (χ3n) is 4.59. The minimum atomic E-state index is -0.575. The molecule has 0 fully saturated rings. The number of rotatable bonds is 6. The molecule has 30 heavy (non-hydrogen) atoms. The van der Waals surface area contributed by atoms with Crippen molar-refractivity contribution in [3.05, 3.63) is 87.0 Å². The summed E-state index contributed by atoms with van der Waals surface area (Å²) in [6, 6.07) is 15.3. The number of carbonyl (C=O) groups is 1. The maximum absolute atomic E-state index is 14.1. The van der Waals surface area contributed by atoms with Gasteiger partial charge in [-0.2, -0.15) is 5.10 Å². The monoisotopic (exact) mass is 422 g/mol. The molecule has 0 aliphatic rings. The first-order valence-electron chi connectivity index (χ1n) is 9.51. The molecule has 0 saturated heterocycles. The molecular weight excluding hydrogens is 403 g/mol. The number of fused-ring (bicyclic) bond motifs is 1. The SMILES string of the molecule is Cc1cc(=O)c(C(=O)NCCCc2nc3ccccc3s2)nn1-c1ccccc1F. The van der Waals surface area contributed by atoms with Gasteiger partial charge in [0.05, 0.1) is 15.2 Å². The van der Waals surface area contributed by atoms with Crippen molar-refractivity contribution in [1.82, 2.24) is 20.1 Å². The van der Waals surface area contributed by atoms with Crippen molar-refractivity contribution in [3.63, 3.8) is 0 Å². The zero-order valence-electron chi connectivity index (χ0n) is 16.3. The first-order chi connectivity index (χ1) is 14.5. The lowest BCUT2D eigenvalue weighted by Crippen LogP contribution is -2.32. The number of para-hydroxylation sites is 2. The minimum absolute atomic E-state index is 0.180. The molecule has 152 valence electrons. The Kier molecular flexibility index (Phi) is 5.67. The van der Waals surface area contributed by atoms with Gasteiger partial charge >= 0.3 is 0 Å². The zero-order valence-corrected chi connectivity index (χ0v) is 17.1. The molecule has 0 unspecified atom stereocenters. The number of amides is 1. The lowest BCUT2D eigenvalue weighted by molar-refractivity contribution is 0.0945. The Morgan fingerprint density at radius 2 is 1.93 bits per heavy atom. The van der Waals surface area contributed by atoms with E-state index >= 15 is 0 Å². The number of carbonyl (C=O) groups excluding carboxylic acids is 1. The van der Waals surface area contributed by atoms with Crippen LogP contribution >= 0.6 is 11.3 Å². The maximum Gasteiger partial charge on any atom is 0.275 e. The van der Waals surface area contributed by atoms with Gasteiger partial charge in [-0.1, -0.05) is 24.3 Å². The Morgan fingerprint density at radius 3 is 2.73 bits per heavy atom. The third-order valence-corrected chi connectivity index (χ3v) is 5.69. The molecule has 6 nitrogen and oxygen atoms in total. The van der Waals surface area contributed by atoms with Gasteiger partial charge in [0, 0.05) is 24.7 Å². The van der Waals surface area contributed by atoms with Crippen LogP contribution in [-0.4, -0.2) is 27.2 Å².